The van der Waals surface area contributed by atoms with Crippen molar-refractivity contribution >= 4 is 11.8 Å². The Morgan fingerprint density at radius 1 is 1.17 bits per heavy atom. The van der Waals surface area contributed by atoms with Gasteiger partial charge in [-0.1, -0.05) is 19.9 Å². The molecule has 0 bridgehead atoms. The van der Waals surface area contributed by atoms with E-state index >= 15 is 0 Å². The first-order chi connectivity index (χ1) is 11.5. The minimum absolute atomic E-state index is 0.00486. The molecule has 5 nitrogen and oxygen atoms in total. The molecule has 2 amide bonds. The summed E-state index contributed by atoms with van der Waals surface area (Å²) in [6, 6.07) is 5.62. The highest BCUT2D eigenvalue weighted by Crippen LogP contribution is 2.27. The maximum absolute atomic E-state index is 12.7. The number of hydrogen-bond acceptors (Lipinski definition) is 3. The van der Waals surface area contributed by atoms with Crippen LogP contribution < -0.4 is 5.32 Å². The first-order valence-corrected chi connectivity index (χ1v) is 8.88. The lowest BCUT2D eigenvalue weighted by Crippen LogP contribution is -2.43. The molecule has 130 valence electrons. The molecule has 2 fully saturated rings. The quantitative estimate of drug-likeness (QED) is 0.892. The van der Waals surface area contributed by atoms with Gasteiger partial charge in [-0.3, -0.25) is 9.59 Å². The second kappa shape index (κ2) is 6.83. The molecule has 1 heterocycles. The second-order valence-electron chi connectivity index (χ2n) is 7.28. The third kappa shape index (κ3) is 3.71. The lowest BCUT2D eigenvalue weighted by atomic mass is 9.94. The zero-order valence-electron chi connectivity index (χ0n) is 14.4. The molecule has 0 spiro atoms. The van der Waals surface area contributed by atoms with E-state index in [4.69, 9.17) is 0 Å². The number of hydrogen-bond donors (Lipinski definition) is 2. The fraction of sp³-hybridized carbons (Fsp3) is 0.579. The van der Waals surface area contributed by atoms with Crippen molar-refractivity contribution in [3.63, 3.8) is 0 Å². The summed E-state index contributed by atoms with van der Waals surface area (Å²) in [6.45, 7) is 5.25. The number of likely N-dealkylation sites (tertiary alicyclic amines) is 1. The van der Waals surface area contributed by atoms with E-state index in [1.807, 2.05) is 6.07 Å². The van der Waals surface area contributed by atoms with Crippen molar-refractivity contribution in [3.8, 4) is 5.75 Å². The van der Waals surface area contributed by atoms with Crippen LogP contribution in [0.2, 0.25) is 0 Å². The van der Waals surface area contributed by atoms with E-state index in [0.717, 1.165) is 18.4 Å². The number of amides is 2. The molecule has 1 aliphatic heterocycles. The summed E-state index contributed by atoms with van der Waals surface area (Å²) in [6.07, 6.45) is 3.56. The zero-order valence-corrected chi connectivity index (χ0v) is 14.4. The standard InChI is InChI=1S/C19H26N2O3/c1-12(2)14-3-6-17(22)16(11-14)19(24)21-9-7-13(8-10-21)18(23)20-15-4-5-15/h3,6,11-13,15,22H,4-5,7-10H2,1-2H3,(H,20,23). The van der Waals surface area contributed by atoms with Crippen molar-refractivity contribution in [2.75, 3.05) is 13.1 Å². The molecule has 2 N–H and O–H groups in total. The number of piperidine rings is 1. The average Bonchev–Trinajstić information content (AvgIpc) is 3.38. The van der Waals surface area contributed by atoms with Gasteiger partial charge < -0.3 is 15.3 Å². The number of carbonyl (C=O) groups is 2. The van der Waals surface area contributed by atoms with Crippen LogP contribution in [-0.2, 0) is 4.79 Å². The molecule has 1 aromatic carbocycles. The van der Waals surface area contributed by atoms with Crippen molar-refractivity contribution < 1.29 is 14.7 Å². The molecule has 3 rings (SSSR count). The number of rotatable bonds is 4. The van der Waals surface area contributed by atoms with Gasteiger partial charge in [-0.15, -0.1) is 0 Å². The van der Waals surface area contributed by atoms with E-state index in [0.29, 0.717) is 43.5 Å². The normalized spacial score (nSPS) is 18.7. The van der Waals surface area contributed by atoms with Crippen molar-refractivity contribution in [1.82, 2.24) is 10.2 Å². The SMILES string of the molecule is CC(C)c1ccc(O)c(C(=O)N2CCC(C(=O)NC3CC3)CC2)c1. The first-order valence-electron chi connectivity index (χ1n) is 8.88. The highest BCUT2D eigenvalue weighted by atomic mass is 16.3. The minimum Gasteiger partial charge on any atom is -0.507 e. The van der Waals surface area contributed by atoms with Gasteiger partial charge in [-0.2, -0.15) is 0 Å². The predicted molar refractivity (Wildman–Crippen MR) is 92.0 cm³/mol. The Hall–Kier alpha value is -2.04. The molecule has 1 saturated heterocycles. The fourth-order valence-electron chi connectivity index (χ4n) is 3.15. The Morgan fingerprint density at radius 3 is 2.42 bits per heavy atom. The molecular formula is C19H26N2O3. The summed E-state index contributed by atoms with van der Waals surface area (Å²) in [5.74, 6) is 0.322. The number of nitrogens with one attached hydrogen (secondary N) is 1. The van der Waals surface area contributed by atoms with E-state index < -0.39 is 0 Å². The van der Waals surface area contributed by atoms with Crippen LogP contribution in [-0.4, -0.2) is 41.0 Å². The molecule has 1 aliphatic carbocycles. The maximum atomic E-state index is 12.7. The predicted octanol–water partition coefficient (Wildman–Crippen LogP) is 2.65. The highest BCUT2D eigenvalue weighted by Gasteiger charge is 2.31. The molecule has 1 aromatic rings. The summed E-state index contributed by atoms with van der Waals surface area (Å²) in [4.78, 5) is 26.6. The molecular weight excluding hydrogens is 304 g/mol. The van der Waals surface area contributed by atoms with Crippen LogP contribution in [0.3, 0.4) is 0 Å². The monoisotopic (exact) mass is 330 g/mol. The number of carbonyl (C=O) groups excluding carboxylic acids is 2. The van der Waals surface area contributed by atoms with Crippen LogP contribution >= 0.6 is 0 Å². The van der Waals surface area contributed by atoms with Gasteiger partial charge >= 0.3 is 0 Å². The third-order valence-corrected chi connectivity index (χ3v) is 4.99. The zero-order chi connectivity index (χ0) is 17.3. The van der Waals surface area contributed by atoms with Crippen LogP contribution in [0.4, 0.5) is 0 Å². The molecule has 0 radical (unpaired) electrons. The number of aromatic hydroxyl groups is 1. The Labute approximate surface area is 143 Å². The highest BCUT2D eigenvalue weighted by molar-refractivity contribution is 5.97. The average molecular weight is 330 g/mol. The van der Waals surface area contributed by atoms with Crippen LogP contribution in [0.25, 0.3) is 0 Å². The van der Waals surface area contributed by atoms with Gasteiger partial charge in [0.15, 0.2) is 0 Å². The minimum atomic E-state index is -0.143. The van der Waals surface area contributed by atoms with Gasteiger partial charge in [0.05, 0.1) is 5.56 Å². The second-order valence-corrected chi connectivity index (χ2v) is 7.28. The van der Waals surface area contributed by atoms with Crippen LogP contribution in [0.1, 0.15) is 61.4 Å². The van der Waals surface area contributed by atoms with Crippen molar-refractivity contribution in [3.05, 3.63) is 29.3 Å². The first kappa shape index (κ1) is 16.8. The number of phenols is 1. The Kier molecular flexibility index (Phi) is 4.78. The van der Waals surface area contributed by atoms with E-state index in [2.05, 4.69) is 19.2 Å². The number of phenolic OH excluding ortho intramolecular Hbond substituents is 1. The fourth-order valence-corrected chi connectivity index (χ4v) is 3.15. The molecule has 1 saturated carbocycles. The largest absolute Gasteiger partial charge is 0.507 e. The summed E-state index contributed by atoms with van der Waals surface area (Å²) >= 11 is 0. The van der Waals surface area contributed by atoms with Gasteiger partial charge in [0.2, 0.25) is 5.91 Å². The Balaban J connectivity index is 1.62. The van der Waals surface area contributed by atoms with E-state index in [9.17, 15) is 14.7 Å². The number of benzene rings is 1. The van der Waals surface area contributed by atoms with E-state index in [-0.39, 0.29) is 23.5 Å². The van der Waals surface area contributed by atoms with Crippen LogP contribution in [0, 0.1) is 5.92 Å². The van der Waals surface area contributed by atoms with Gasteiger partial charge in [-0.25, -0.2) is 0 Å². The summed E-state index contributed by atoms with van der Waals surface area (Å²) in [5, 5.41) is 13.1. The summed E-state index contributed by atoms with van der Waals surface area (Å²) in [7, 11) is 0. The molecule has 24 heavy (non-hydrogen) atoms. The molecule has 2 aliphatic rings. The molecule has 0 aromatic heterocycles. The Morgan fingerprint density at radius 2 is 1.83 bits per heavy atom. The van der Waals surface area contributed by atoms with Gasteiger partial charge in [-0.05, 0) is 49.3 Å². The van der Waals surface area contributed by atoms with Crippen molar-refractivity contribution in [2.24, 2.45) is 5.92 Å². The molecule has 5 heteroatoms. The summed E-state index contributed by atoms with van der Waals surface area (Å²) in [5.41, 5.74) is 1.40. The van der Waals surface area contributed by atoms with Crippen LogP contribution in [0.5, 0.6) is 5.75 Å². The smallest absolute Gasteiger partial charge is 0.257 e. The number of nitrogens with zero attached hydrogens (tertiary/aromatic N) is 1. The van der Waals surface area contributed by atoms with Gasteiger partial charge in [0.25, 0.3) is 5.91 Å². The lowest BCUT2D eigenvalue weighted by molar-refractivity contribution is -0.126. The van der Waals surface area contributed by atoms with Gasteiger partial charge in [0.1, 0.15) is 5.75 Å². The van der Waals surface area contributed by atoms with E-state index in [1.165, 1.54) is 0 Å². The van der Waals surface area contributed by atoms with Gasteiger partial charge in [0, 0.05) is 25.0 Å². The van der Waals surface area contributed by atoms with Crippen molar-refractivity contribution in [1.29, 1.82) is 0 Å². The van der Waals surface area contributed by atoms with Crippen molar-refractivity contribution in [2.45, 2.75) is 51.5 Å². The third-order valence-electron chi connectivity index (χ3n) is 4.99. The molecule has 0 unspecified atom stereocenters. The lowest BCUT2D eigenvalue weighted by Gasteiger charge is -2.31. The molecule has 0 atom stereocenters. The van der Waals surface area contributed by atoms with Crippen LogP contribution in [0.15, 0.2) is 18.2 Å². The summed E-state index contributed by atoms with van der Waals surface area (Å²) < 4.78 is 0. The maximum Gasteiger partial charge on any atom is 0.257 e. The topological polar surface area (TPSA) is 69.6 Å². The Bertz CT molecular complexity index is 629. The van der Waals surface area contributed by atoms with E-state index in [1.54, 1.807) is 17.0 Å².